The quantitative estimate of drug-likeness (QED) is 0.710. The van der Waals surface area contributed by atoms with Crippen molar-refractivity contribution < 1.29 is 28.1 Å². The van der Waals surface area contributed by atoms with Crippen LogP contribution in [0.25, 0.3) is 22.3 Å². The van der Waals surface area contributed by atoms with Crippen LogP contribution in [0.4, 0.5) is 0 Å². The van der Waals surface area contributed by atoms with Crippen molar-refractivity contribution in [3.8, 4) is 40.1 Å². The molecule has 1 aromatic heterocycles. The number of hydrogen-bond donors (Lipinski definition) is 0. The molecule has 7 heteroatoms. The Balaban J connectivity index is 2.00. The van der Waals surface area contributed by atoms with Gasteiger partial charge in [-0.3, -0.25) is 4.79 Å². The van der Waals surface area contributed by atoms with E-state index in [9.17, 15) is 4.79 Å². The second kappa shape index (κ2) is 6.18. The van der Waals surface area contributed by atoms with Gasteiger partial charge in [0, 0.05) is 17.7 Å². The predicted molar refractivity (Wildman–Crippen MR) is 93.7 cm³/mol. The van der Waals surface area contributed by atoms with Gasteiger partial charge in [0.1, 0.15) is 16.9 Å². The van der Waals surface area contributed by atoms with Crippen LogP contribution in [-0.2, 0) is 0 Å². The van der Waals surface area contributed by atoms with Gasteiger partial charge in [-0.05, 0) is 18.2 Å². The molecule has 0 fully saturated rings. The van der Waals surface area contributed by atoms with Crippen LogP contribution in [0.1, 0.15) is 0 Å². The van der Waals surface area contributed by atoms with Crippen LogP contribution in [0.3, 0.4) is 0 Å². The van der Waals surface area contributed by atoms with Crippen molar-refractivity contribution >= 4 is 11.0 Å². The van der Waals surface area contributed by atoms with E-state index in [0.29, 0.717) is 40.1 Å². The fourth-order valence-electron chi connectivity index (χ4n) is 2.95. The van der Waals surface area contributed by atoms with Crippen molar-refractivity contribution in [3.05, 3.63) is 40.6 Å². The molecule has 1 aliphatic rings. The summed E-state index contributed by atoms with van der Waals surface area (Å²) in [6.07, 6.45) is 0. The molecule has 26 heavy (non-hydrogen) atoms. The van der Waals surface area contributed by atoms with Crippen LogP contribution in [0.15, 0.2) is 39.5 Å². The molecule has 0 N–H and O–H groups in total. The zero-order valence-corrected chi connectivity index (χ0v) is 14.5. The van der Waals surface area contributed by atoms with Crippen molar-refractivity contribution in [2.45, 2.75) is 0 Å². The van der Waals surface area contributed by atoms with Gasteiger partial charge in [-0.1, -0.05) is 0 Å². The van der Waals surface area contributed by atoms with Gasteiger partial charge in [0.25, 0.3) is 0 Å². The fraction of sp³-hybridized carbons (Fsp3) is 0.211. The average molecular weight is 356 g/mol. The van der Waals surface area contributed by atoms with E-state index in [1.165, 1.54) is 27.4 Å². The second-order valence-corrected chi connectivity index (χ2v) is 5.56. The van der Waals surface area contributed by atoms with Crippen LogP contribution in [-0.4, -0.2) is 28.1 Å². The Morgan fingerprint density at radius 3 is 2.38 bits per heavy atom. The Labute approximate surface area is 148 Å². The molecule has 0 spiro atoms. The first-order chi connectivity index (χ1) is 12.7. The van der Waals surface area contributed by atoms with E-state index < -0.39 is 0 Å². The molecular weight excluding hydrogens is 340 g/mol. The standard InChI is InChI=1S/C19H16O7/c1-21-15-8-16(22-2)18(23-3)19-17(15)11(20)7-13(26-19)10-4-5-12-14(6-10)25-9-24-12/h4-8H,9H2,1-3H3. The van der Waals surface area contributed by atoms with Gasteiger partial charge >= 0.3 is 0 Å². The largest absolute Gasteiger partial charge is 0.496 e. The van der Waals surface area contributed by atoms with Gasteiger partial charge < -0.3 is 28.1 Å². The van der Waals surface area contributed by atoms with Gasteiger partial charge in [-0.15, -0.1) is 0 Å². The van der Waals surface area contributed by atoms with E-state index in [1.54, 1.807) is 24.3 Å². The van der Waals surface area contributed by atoms with Crippen LogP contribution in [0.5, 0.6) is 28.7 Å². The molecule has 0 saturated carbocycles. The summed E-state index contributed by atoms with van der Waals surface area (Å²) in [5.41, 5.74) is 0.678. The van der Waals surface area contributed by atoms with Gasteiger partial charge in [0.05, 0.1) is 21.3 Å². The summed E-state index contributed by atoms with van der Waals surface area (Å²) in [6, 6.07) is 8.33. The van der Waals surface area contributed by atoms with Crippen molar-refractivity contribution in [1.82, 2.24) is 0 Å². The number of methoxy groups -OCH3 is 3. The molecule has 134 valence electrons. The minimum atomic E-state index is -0.253. The third-order valence-corrected chi connectivity index (χ3v) is 4.19. The number of rotatable bonds is 4. The summed E-state index contributed by atoms with van der Waals surface area (Å²) in [7, 11) is 4.46. The van der Waals surface area contributed by atoms with Crippen LogP contribution < -0.4 is 29.1 Å². The first-order valence-electron chi connectivity index (χ1n) is 7.83. The molecule has 7 nitrogen and oxygen atoms in total. The fourth-order valence-corrected chi connectivity index (χ4v) is 2.95. The minimum absolute atomic E-state index is 0.169. The first-order valence-corrected chi connectivity index (χ1v) is 7.83. The maximum atomic E-state index is 12.8. The summed E-state index contributed by atoms with van der Waals surface area (Å²) in [5, 5.41) is 0.287. The van der Waals surface area contributed by atoms with Gasteiger partial charge in [0.2, 0.25) is 12.5 Å². The van der Waals surface area contributed by atoms with E-state index in [0.717, 1.165) is 0 Å². The molecule has 3 aromatic rings. The molecule has 2 aromatic carbocycles. The van der Waals surface area contributed by atoms with Crippen LogP contribution in [0, 0.1) is 0 Å². The molecule has 2 heterocycles. The molecule has 0 unspecified atom stereocenters. The minimum Gasteiger partial charge on any atom is -0.496 e. The number of fused-ring (bicyclic) bond motifs is 2. The van der Waals surface area contributed by atoms with E-state index in [4.69, 9.17) is 28.1 Å². The monoisotopic (exact) mass is 356 g/mol. The van der Waals surface area contributed by atoms with Crippen LogP contribution in [0.2, 0.25) is 0 Å². The Morgan fingerprint density at radius 1 is 0.885 bits per heavy atom. The summed E-state index contributed by atoms with van der Waals surface area (Å²) >= 11 is 0. The normalized spacial score (nSPS) is 12.3. The molecule has 0 bridgehead atoms. The van der Waals surface area contributed by atoms with Crippen molar-refractivity contribution in [3.63, 3.8) is 0 Å². The van der Waals surface area contributed by atoms with E-state index in [1.807, 2.05) is 0 Å². The highest BCUT2D eigenvalue weighted by Crippen LogP contribution is 2.42. The lowest BCUT2D eigenvalue weighted by atomic mass is 10.1. The molecule has 1 aliphatic heterocycles. The zero-order chi connectivity index (χ0) is 18.3. The lowest BCUT2D eigenvalue weighted by molar-refractivity contribution is 0.174. The Bertz CT molecular complexity index is 1050. The molecular formula is C19H16O7. The van der Waals surface area contributed by atoms with Crippen LogP contribution >= 0.6 is 0 Å². The SMILES string of the molecule is COc1cc(OC)c2c(=O)cc(-c3ccc4c(c3)OCO4)oc2c1OC. The van der Waals surface area contributed by atoms with Crippen molar-refractivity contribution in [2.75, 3.05) is 28.1 Å². The number of hydrogen-bond acceptors (Lipinski definition) is 7. The summed E-state index contributed by atoms with van der Waals surface area (Å²) in [4.78, 5) is 12.8. The summed E-state index contributed by atoms with van der Waals surface area (Å²) in [5.74, 6) is 2.70. The maximum absolute atomic E-state index is 12.8. The average Bonchev–Trinajstić information content (AvgIpc) is 3.14. The molecule has 0 aliphatic carbocycles. The topological polar surface area (TPSA) is 76.4 Å². The maximum Gasteiger partial charge on any atom is 0.231 e. The van der Waals surface area contributed by atoms with E-state index in [-0.39, 0.29) is 23.2 Å². The summed E-state index contributed by atoms with van der Waals surface area (Å²) < 4.78 is 32.8. The van der Waals surface area contributed by atoms with E-state index >= 15 is 0 Å². The Morgan fingerprint density at radius 2 is 1.65 bits per heavy atom. The van der Waals surface area contributed by atoms with Crippen molar-refractivity contribution in [2.24, 2.45) is 0 Å². The zero-order valence-electron chi connectivity index (χ0n) is 14.5. The molecule has 4 rings (SSSR count). The molecule has 0 radical (unpaired) electrons. The first kappa shape index (κ1) is 16.1. The highest BCUT2D eigenvalue weighted by Gasteiger charge is 2.21. The van der Waals surface area contributed by atoms with Gasteiger partial charge in [-0.2, -0.15) is 0 Å². The van der Waals surface area contributed by atoms with Gasteiger partial charge in [0.15, 0.2) is 28.3 Å². The van der Waals surface area contributed by atoms with E-state index in [2.05, 4.69) is 0 Å². The Hall–Kier alpha value is -3.35. The highest BCUT2D eigenvalue weighted by molar-refractivity contribution is 5.92. The lowest BCUT2D eigenvalue weighted by Crippen LogP contribution is -2.05. The number of ether oxygens (including phenoxy) is 5. The lowest BCUT2D eigenvalue weighted by Gasteiger charge is -2.13. The van der Waals surface area contributed by atoms with Gasteiger partial charge in [-0.25, -0.2) is 0 Å². The second-order valence-electron chi connectivity index (χ2n) is 5.56. The van der Waals surface area contributed by atoms with Crippen molar-refractivity contribution in [1.29, 1.82) is 0 Å². The smallest absolute Gasteiger partial charge is 0.231 e. The highest BCUT2D eigenvalue weighted by atomic mass is 16.7. The molecule has 0 atom stereocenters. The third kappa shape index (κ3) is 2.40. The Kier molecular flexibility index (Phi) is 3.84. The third-order valence-electron chi connectivity index (χ3n) is 4.19. The predicted octanol–water partition coefficient (Wildman–Crippen LogP) is 3.21. The molecule has 0 amide bonds. The summed E-state index contributed by atoms with van der Waals surface area (Å²) in [6.45, 7) is 0.169. The number of benzene rings is 2. The molecule has 0 saturated heterocycles.